The van der Waals surface area contributed by atoms with Crippen LogP contribution in [0, 0.1) is 6.92 Å². The second-order valence-electron chi connectivity index (χ2n) is 3.52. The second kappa shape index (κ2) is 3.10. The number of halogens is 1. The van der Waals surface area contributed by atoms with E-state index in [4.69, 9.17) is 11.6 Å². The minimum atomic E-state index is 0.927. The van der Waals surface area contributed by atoms with Gasteiger partial charge in [0.25, 0.3) is 0 Å². The van der Waals surface area contributed by atoms with Gasteiger partial charge in [0.1, 0.15) is 0 Å². The zero-order chi connectivity index (χ0) is 8.55. The van der Waals surface area contributed by atoms with Crippen molar-refractivity contribution < 1.29 is 0 Å². The Labute approximate surface area is 78.6 Å². The van der Waals surface area contributed by atoms with E-state index in [1.165, 1.54) is 42.4 Å². The van der Waals surface area contributed by atoms with Gasteiger partial charge in [0.2, 0.25) is 0 Å². The minimum Gasteiger partial charge on any atom is -0.0840 e. The first-order valence-electron chi connectivity index (χ1n) is 4.56. The van der Waals surface area contributed by atoms with E-state index in [1.807, 2.05) is 6.07 Å². The largest absolute Gasteiger partial charge is 0.0840 e. The van der Waals surface area contributed by atoms with Gasteiger partial charge in [0.15, 0.2) is 0 Å². The third-order valence-corrected chi connectivity index (χ3v) is 3.16. The lowest BCUT2D eigenvalue weighted by molar-refractivity contribution is 0.682. The molecule has 0 heterocycles. The van der Waals surface area contributed by atoms with Gasteiger partial charge in [-0.05, 0) is 55.4 Å². The summed E-state index contributed by atoms with van der Waals surface area (Å²) in [5.41, 5.74) is 4.32. The molecule has 0 unspecified atom stereocenters. The van der Waals surface area contributed by atoms with Crippen molar-refractivity contribution in [3.63, 3.8) is 0 Å². The average Bonchev–Trinajstić information content (AvgIpc) is 2.12. The van der Waals surface area contributed by atoms with Crippen molar-refractivity contribution in [1.82, 2.24) is 0 Å². The van der Waals surface area contributed by atoms with Crippen LogP contribution in [-0.4, -0.2) is 0 Å². The molecule has 0 aliphatic heterocycles. The molecule has 1 aliphatic rings. The third-order valence-electron chi connectivity index (χ3n) is 2.75. The summed E-state index contributed by atoms with van der Waals surface area (Å²) in [4.78, 5) is 0. The Morgan fingerprint density at radius 3 is 2.75 bits per heavy atom. The van der Waals surface area contributed by atoms with E-state index >= 15 is 0 Å². The summed E-state index contributed by atoms with van der Waals surface area (Å²) in [7, 11) is 0. The molecule has 0 aromatic heterocycles. The van der Waals surface area contributed by atoms with Crippen molar-refractivity contribution in [2.24, 2.45) is 0 Å². The fraction of sp³-hybridized carbons (Fsp3) is 0.455. The van der Waals surface area contributed by atoms with Crippen LogP contribution in [0.4, 0.5) is 0 Å². The van der Waals surface area contributed by atoms with Crippen LogP contribution in [-0.2, 0) is 12.8 Å². The maximum atomic E-state index is 6.05. The topological polar surface area (TPSA) is 0 Å². The minimum absolute atomic E-state index is 0.927. The fourth-order valence-corrected chi connectivity index (χ4v) is 2.16. The number of aryl methyl sites for hydroxylation is 1. The highest BCUT2D eigenvalue weighted by Gasteiger charge is 2.12. The molecule has 12 heavy (non-hydrogen) atoms. The van der Waals surface area contributed by atoms with Crippen molar-refractivity contribution in [2.45, 2.75) is 32.6 Å². The molecule has 0 atom stereocenters. The Morgan fingerprint density at radius 1 is 1.17 bits per heavy atom. The molecular formula is C11H13Cl. The zero-order valence-corrected chi connectivity index (χ0v) is 8.12. The van der Waals surface area contributed by atoms with Crippen LogP contribution in [0.5, 0.6) is 0 Å². The van der Waals surface area contributed by atoms with Crippen LogP contribution in [0.1, 0.15) is 29.5 Å². The first-order chi connectivity index (χ1) is 5.79. The van der Waals surface area contributed by atoms with Crippen LogP contribution in [0.3, 0.4) is 0 Å². The molecule has 0 radical (unpaired) electrons. The molecule has 0 saturated heterocycles. The Kier molecular flexibility index (Phi) is 2.10. The fourth-order valence-electron chi connectivity index (χ4n) is 1.98. The molecule has 0 bridgehead atoms. The van der Waals surface area contributed by atoms with Crippen molar-refractivity contribution >= 4 is 11.6 Å². The van der Waals surface area contributed by atoms with Gasteiger partial charge in [-0.3, -0.25) is 0 Å². The molecule has 1 heteroatoms. The molecule has 1 aliphatic carbocycles. The summed E-state index contributed by atoms with van der Waals surface area (Å²) in [6.07, 6.45) is 5.14. The standard InChI is InChI=1S/C11H13Cl/c1-8-10-5-3-2-4-9(10)6-7-11(8)12/h6-7H,2-5H2,1H3. The number of hydrogen-bond acceptors (Lipinski definition) is 0. The van der Waals surface area contributed by atoms with E-state index in [9.17, 15) is 0 Å². The van der Waals surface area contributed by atoms with Gasteiger partial charge in [0, 0.05) is 5.02 Å². The van der Waals surface area contributed by atoms with E-state index in [0.29, 0.717) is 0 Å². The zero-order valence-electron chi connectivity index (χ0n) is 7.36. The SMILES string of the molecule is Cc1c(Cl)ccc2c1CCCC2. The van der Waals surface area contributed by atoms with Gasteiger partial charge in [0.05, 0.1) is 0 Å². The van der Waals surface area contributed by atoms with Crippen LogP contribution in [0.15, 0.2) is 12.1 Å². The molecule has 0 saturated carbocycles. The predicted octanol–water partition coefficient (Wildman–Crippen LogP) is 3.53. The van der Waals surface area contributed by atoms with Crippen molar-refractivity contribution in [3.05, 3.63) is 33.8 Å². The summed E-state index contributed by atoms with van der Waals surface area (Å²) in [5, 5.41) is 0.927. The Balaban J connectivity index is 2.54. The van der Waals surface area contributed by atoms with Crippen LogP contribution >= 0.6 is 11.6 Å². The lowest BCUT2D eigenvalue weighted by atomic mass is 9.89. The number of hydrogen-bond donors (Lipinski definition) is 0. The monoisotopic (exact) mass is 180 g/mol. The maximum Gasteiger partial charge on any atom is 0.0438 e. The van der Waals surface area contributed by atoms with E-state index in [-0.39, 0.29) is 0 Å². The highest BCUT2D eigenvalue weighted by Crippen LogP contribution is 2.28. The van der Waals surface area contributed by atoms with E-state index < -0.39 is 0 Å². The summed E-state index contributed by atoms with van der Waals surface area (Å²) < 4.78 is 0. The first kappa shape index (κ1) is 8.12. The van der Waals surface area contributed by atoms with E-state index in [0.717, 1.165) is 5.02 Å². The van der Waals surface area contributed by atoms with Gasteiger partial charge in [-0.1, -0.05) is 17.7 Å². The van der Waals surface area contributed by atoms with Gasteiger partial charge in [-0.15, -0.1) is 0 Å². The molecule has 0 N–H and O–H groups in total. The van der Waals surface area contributed by atoms with Crippen molar-refractivity contribution in [3.8, 4) is 0 Å². The van der Waals surface area contributed by atoms with Crippen molar-refractivity contribution in [1.29, 1.82) is 0 Å². The lowest BCUT2D eigenvalue weighted by Gasteiger charge is -2.18. The van der Waals surface area contributed by atoms with Crippen LogP contribution < -0.4 is 0 Å². The van der Waals surface area contributed by atoms with Gasteiger partial charge < -0.3 is 0 Å². The first-order valence-corrected chi connectivity index (χ1v) is 4.93. The Bertz CT molecular complexity index is 302. The molecule has 1 aromatic carbocycles. The van der Waals surface area contributed by atoms with Gasteiger partial charge >= 0.3 is 0 Å². The summed E-state index contributed by atoms with van der Waals surface area (Å²) in [6.45, 7) is 2.13. The molecule has 2 rings (SSSR count). The Hall–Kier alpha value is -0.490. The summed E-state index contributed by atoms with van der Waals surface area (Å²) in [6, 6.07) is 4.21. The van der Waals surface area contributed by atoms with Crippen molar-refractivity contribution in [2.75, 3.05) is 0 Å². The maximum absolute atomic E-state index is 6.05. The number of fused-ring (bicyclic) bond motifs is 1. The average molecular weight is 181 g/mol. The third kappa shape index (κ3) is 1.25. The van der Waals surface area contributed by atoms with Gasteiger partial charge in [-0.2, -0.15) is 0 Å². The quantitative estimate of drug-likeness (QED) is 0.573. The van der Waals surface area contributed by atoms with E-state index in [1.54, 1.807) is 0 Å². The highest BCUT2D eigenvalue weighted by molar-refractivity contribution is 6.31. The molecule has 0 amide bonds. The molecule has 0 fully saturated rings. The van der Waals surface area contributed by atoms with Crippen LogP contribution in [0.25, 0.3) is 0 Å². The van der Waals surface area contributed by atoms with Gasteiger partial charge in [-0.25, -0.2) is 0 Å². The smallest absolute Gasteiger partial charge is 0.0438 e. The second-order valence-corrected chi connectivity index (χ2v) is 3.92. The number of rotatable bonds is 0. The molecular weight excluding hydrogens is 168 g/mol. The van der Waals surface area contributed by atoms with Crippen LogP contribution in [0.2, 0.25) is 5.02 Å². The predicted molar refractivity (Wildman–Crippen MR) is 52.8 cm³/mol. The molecule has 0 nitrogen and oxygen atoms in total. The summed E-state index contributed by atoms with van der Waals surface area (Å²) >= 11 is 6.05. The normalized spacial score (nSPS) is 15.8. The molecule has 1 aromatic rings. The Morgan fingerprint density at radius 2 is 1.92 bits per heavy atom. The highest BCUT2D eigenvalue weighted by atomic mass is 35.5. The molecule has 0 spiro atoms. The summed E-state index contributed by atoms with van der Waals surface area (Å²) in [5.74, 6) is 0. The van der Waals surface area contributed by atoms with E-state index in [2.05, 4.69) is 13.0 Å². The lowest BCUT2D eigenvalue weighted by Crippen LogP contribution is -2.04. The number of benzene rings is 1. The molecule has 64 valence electrons.